The van der Waals surface area contributed by atoms with Crippen LogP contribution in [0.25, 0.3) is 5.69 Å². The van der Waals surface area contributed by atoms with Crippen molar-refractivity contribution >= 4 is 23.5 Å². The Morgan fingerprint density at radius 3 is 2.77 bits per heavy atom. The van der Waals surface area contributed by atoms with Gasteiger partial charge in [0.05, 0.1) is 10.7 Å². The van der Waals surface area contributed by atoms with E-state index >= 15 is 0 Å². The van der Waals surface area contributed by atoms with Crippen molar-refractivity contribution in [3.05, 3.63) is 46.7 Å². The number of hydrogen-bond donors (Lipinski definition) is 1. The van der Waals surface area contributed by atoms with Crippen LogP contribution in [0.1, 0.15) is 35.4 Å². The Labute approximate surface area is 156 Å². The molecule has 1 aromatic carbocycles. The molecule has 2 aliphatic rings. The van der Waals surface area contributed by atoms with Crippen molar-refractivity contribution in [3.8, 4) is 5.69 Å². The molecule has 1 aliphatic carbocycles. The van der Waals surface area contributed by atoms with E-state index in [0.29, 0.717) is 17.3 Å². The quantitative estimate of drug-likeness (QED) is 0.896. The van der Waals surface area contributed by atoms with Gasteiger partial charge in [0.1, 0.15) is 6.04 Å². The highest BCUT2D eigenvalue weighted by Gasteiger charge is 2.50. The number of carbonyl (C=O) groups is 2. The third-order valence-electron chi connectivity index (χ3n) is 5.59. The van der Waals surface area contributed by atoms with E-state index in [9.17, 15) is 14.7 Å². The van der Waals surface area contributed by atoms with Crippen molar-refractivity contribution in [3.63, 3.8) is 0 Å². The number of rotatable bonds is 3. The standard InChI is InChI=1S/C19H20ClN3O3/c1-11-9-15(21-23(11)16-8-3-2-7-14(16)20)18(24)22-10-12-5-4-6-13(12)17(22)19(25)26/h2-3,7-9,12-13,17H,4-6,10H2,1H3,(H,25,26). The van der Waals surface area contributed by atoms with E-state index in [1.165, 1.54) is 4.90 Å². The molecule has 2 heterocycles. The first-order valence-corrected chi connectivity index (χ1v) is 9.20. The number of carbonyl (C=O) groups excluding carboxylic acids is 1. The van der Waals surface area contributed by atoms with Gasteiger partial charge in [0.15, 0.2) is 5.69 Å². The van der Waals surface area contributed by atoms with E-state index in [1.807, 2.05) is 25.1 Å². The molecule has 7 heteroatoms. The number of nitrogens with zero attached hydrogens (tertiary/aromatic N) is 3. The highest BCUT2D eigenvalue weighted by atomic mass is 35.5. The van der Waals surface area contributed by atoms with Gasteiger partial charge < -0.3 is 10.0 Å². The smallest absolute Gasteiger partial charge is 0.326 e. The van der Waals surface area contributed by atoms with Crippen molar-refractivity contribution in [2.75, 3.05) is 6.54 Å². The number of likely N-dealkylation sites (tertiary alicyclic amines) is 1. The molecular formula is C19H20ClN3O3. The molecule has 1 amide bonds. The SMILES string of the molecule is Cc1cc(C(=O)N2CC3CCCC3C2C(=O)O)nn1-c1ccccc1Cl. The number of amides is 1. The van der Waals surface area contributed by atoms with Gasteiger partial charge in [-0.3, -0.25) is 4.79 Å². The van der Waals surface area contributed by atoms with Crippen LogP contribution < -0.4 is 0 Å². The predicted octanol–water partition coefficient (Wildman–Crippen LogP) is 3.16. The lowest BCUT2D eigenvalue weighted by Gasteiger charge is -2.23. The number of aryl methyl sites for hydroxylation is 1. The van der Waals surface area contributed by atoms with Crippen molar-refractivity contribution < 1.29 is 14.7 Å². The van der Waals surface area contributed by atoms with Crippen LogP contribution in [-0.4, -0.2) is 44.3 Å². The summed E-state index contributed by atoms with van der Waals surface area (Å²) >= 11 is 6.24. The molecule has 1 aliphatic heterocycles. The van der Waals surface area contributed by atoms with Crippen LogP contribution in [0.5, 0.6) is 0 Å². The first kappa shape index (κ1) is 17.1. The number of carboxylic acid groups (broad SMARTS) is 1. The highest BCUT2D eigenvalue weighted by molar-refractivity contribution is 6.32. The number of para-hydroxylation sites is 1. The molecule has 2 aromatic rings. The maximum absolute atomic E-state index is 13.0. The molecule has 4 rings (SSSR count). The summed E-state index contributed by atoms with van der Waals surface area (Å²) in [7, 11) is 0. The van der Waals surface area contributed by atoms with Gasteiger partial charge >= 0.3 is 5.97 Å². The first-order valence-electron chi connectivity index (χ1n) is 8.82. The number of hydrogen-bond acceptors (Lipinski definition) is 3. The van der Waals surface area contributed by atoms with Gasteiger partial charge in [0, 0.05) is 12.2 Å². The molecule has 3 unspecified atom stereocenters. The van der Waals surface area contributed by atoms with Crippen LogP contribution in [0.4, 0.5) is 0 Å². The molecule has 6 nitrogen and oxygen atoms in total. The number of halogens is 1. The van der Waals surface area contributed by atoms with Gasteiger partial charge in [-0.25, -0.2) is 9.48 Å². The zero-order chi connectivity index (χ0) is 18.4. The zero-order valence-electron chi connectivity index (χ0n) is 14.4. The van der Waals surface area contributed by atoms with E-state index in [2.05, 4.69) is 5.10 Å². The first-order chi connectivity index (χ1) is 12.5. The molecule has 1 saturated heterocycles. The molecular weight excluding hydrogens is 354 g/mol. The second-order valence-electron chi connectivity index (χ2n) is 7.13. The van der Waals surface area contributed by atoms with Gasteiger partial charge in [0.25, 0.3) is 5.91 Å². The Balaban J connectivity index is 1.66. The topological polar surface area (TPSA) is 75.4 Å². The zero-order valence-corrected chi connectivity index (χ0v) is 15.2. The summed E-state index contributed by atoms with van der Waals surface area (Å²) in [6.07, 6.45) is 2.91. The van der Waals surface area contributed by atoms with E-state index < -0.39 is 12.0 Å². The van der Waals surface area contributed by atoms with Gasteiger partial charge in [-0.2, -0.15) is 5.10 Å². The van der Waals surface area contributed by atoms with Crippen LogP contribution in [0, 0.1) is 18.8 Å². The minimum absolute atomic E-state index is 0.0585. The maximum Gasteiger partial charge on any atom is 0.326 e. The van der Waals surface area contributed by atoms with E-state index in [4.69, 9.17) is 11.6 Å². The lowest BCUT2D eigenvalue weighted by atomic mass is 9.94. The Morgan fingerprint density at radius 2 is 2.04 bits per heavy atom. The summed E-state index contributed by atoms with van der Waals surface area (Å²) in [5.41, 5.74) is 1.72. The molecule has 0 spiro atoms. The van der Waals surface area contributed by atoms with Crippen molar-refractivity contribution in [2.45, 2.75) is 32.2 Å². The van der Waals surface area contributed by atoms with Crippen LogP contribution in [0.3, 0.4) is 0 Å². The number of benzene rings is 1. The molecule has 1 aromatic heterocycles. The number of fused-ring (bicyclic) bond motifs is 1. The molecule has 1 saturated carbocycles. The molecule has 0 radical (unpaired) electrons. The molecule has 26 heavy (non-hydrogen) atoms. The minimum atomic E-state index is -0.921. The summed E-state index contributed by atoms with van der Waals surface area (Å²) in [5, 5.41) is 14.6. The number of aromatic nitrogens is 2. The predicted molar refractivity (Wildman–Crippen MR) is 96.6 cm³/mol. The van der Waals surface area contributed by atoms with Crippen LogP contribution >= 0.6 is 11.6 Å². The molecule has 1 N–H and O–H groups in total. The van der Waals surface area contributed by atoms with Crippen molar-refractivity contribution in [1.82, 2.24) is 14.7 Å². The van der Waals surface area contributed by atoms with Gasteiger partial charge in [-0.1, -0.05) is 30.2 Å². The molecule has 136 valence electrons. The number of aliphatic carboxylic acids is 1. The molecule has 2 fully saturated rings. The average Bonchev–Trinajstić information content (AvgIpc) is 3.28. The summed E-state index contributed by atoms with van der Waals surface area (Å²) in [5.74, 6) is -0.897. The second kappa shape index (κ2) is 6.43. The van der Waals surface area contributed by atoms with Crippen LogP contribution in [0.15, 0.2) is 30.3 Å². The maximum atomic E-state index is 13.0. The third-order valence-corrected chi connectivity index (χ3v) is 5.91. The molecule has 0 bridgehead atoms. The fourth-order valence-corrected chi connectivity index (χ4v) is 4.64. The van der Waals surface area contributed by atoms with Crippen LogP contribution in [-0.2, 0) is 4.79 Å². The summed E-state index contributed by atoms with van der Waals surface area (Å²) in [4.78, 5) is 26.3. The lowest BCUT2D eigenvalue weighted by molar-refractivity contribution is -0.142. The lowest BCUT2D eigenvalue weighted by Crippen LogP contribution is -2.43. The Kier molecular flexibility index (Phi) is 4.23. The monoisotopic (exact) mass is 373 g/mol. The highest BCUT2D eigenvalue weighted by Crippen LogP contribution is 2.42. The summed E-state index contributed by atoms with van der Waals surface area (Å²) in [6, 6.07) is 8.22. The van der Waals surface area contributed by atoms with Gasteiger partial charge in [-0.05, 0) is 49.8 Å². The van der Waals surface area contributed by atoms with Crippen molar-refractivity contribution in [2.24, 2.45) is 11.8 Å². The van der Waals surface area contributed by atoms with Crippen molar-refractivity contribution in [1.29, 1.82) is 0 Å². The minimum Gasteiger partial charge on any atom is -0.480 e. The molecule has 3 atom stereocenters. The van der Waals surface area contributed by atoms with E-state index in [0.717, 1.165) is 25.0 Å². The Hall–Kier alpha value is -2.34. The summed E-state index contributed by atoms with van der Waals surface area (Å²) in [6.45, 7) is 2.35. The third kappa shape index (κ3) is 2.69. The van der Waals surface area contributed by atoms with Crippen LogP contribution in [0.2, 0.25) is 5.02 Å². The fourth-order valence-electron chi connectivity index (χ4n) is 4.42. The van der Waals surface area contributed by atoms with Gasteiger partial charge in [0.2, 0.25) is 0 Å². The largest absolute Gasteiger partial charge is 0.480 e. The second-order valence-corrected chi connectivity index (χ2v) is 7.54. The van der Waals surface area contributed by atoms with E-state index in [-0.39, 0.29) is 23.4 Å². The Morgan fingerprint density at radius 1 is 1.27 bits per heavy atom. The Bertz CT molecular complexity index is 879. The number of carboxylic acids is 1. The average molecular weight is 374 g/mol. The van der Waals surface area contributed by atoms with Gasteiger partial charge in [-0.15, -0.1) is 0 Å². The normalized spacial score (nSPS) is 24.7. The fraction of sp³-hybridized carbons (Fsp3) is 0.421. The summed E-state index contributed by atoms with van der Waals surface area (Å²) < 4.78 is 1.63. The van der Waals surface area contributed by atoms with E-state index in [1.54, 1.807) is 16.8 Å².